The predicted molar refractivity (Wildman–Crippen MR) is 55.5 cm³/mol. The summed E-state index contributed by atoms with van der Waals surface area (Å²) < 4.78 is 0. The van der Waals surface area contributed by atoms with Crippen molar-refractivity contribution in [3.05, 3.63) is 0 Å². The maximum absolute atomic E-state index is 11.8. The molecule has 1 rings (SSSR count). The highest BCUT2D eigenvalue weighted by Gasteiger charge is 2.37. The Bertz CT molecular complexity index is 259. The van der Waals surface area contributed by atoms with Crippen LogP contribution in [0.3, 0.4) is 0 Å². The van der Waals surface area contributed by atoms with Gasteiger partial charge in [-0.2, -0.15) is 0 Å². The number of carboxylic acid groups (broad SMARTS) is 1. The van der Waals surface area contributed by atoms with Crippen LogP contribution in [0.25, 0.3) is 0 Å². The molecule has 1 saturated heterocycles. The first kappa shape index (κ1) is 12.0. The van der Waals surface area contributed by atoms with Crippen LogP contribution in [0.15, 0.2) is 0 Å². The molecule has 15 heavy (non-hydrogen) atoms. The van der Waals surface area contributed by atoms with E-state index in [9.17, 15) is 9.59 Å². The molecule has 86 valence electrons. The fourth-order valence-electron chi connectivity index (χ4n) is 1.68. The monoisotopic (exact) mass is 214 g/mol. The molecule has 1 heterocycles. The number of hydrogen-bond acceptors (Lipinski definition) is 3. The third kappa shape index (κ3) is 2.68. The van der Waals surface area contributed by atoms with E-state index in [0.717, 1.165) is 13.0 Å². The standard InChI is InChI=1S/C10H18N2O3/c1-3-7(8(13)14)12-9(15)10(2)4-5-11-6-10/h7,11H,3-6H2,1-2H3,(H,12,15)(H,13,14)/t7-,10?/m1/s1. The zero-order chi connectivity index (χ0) is 11.5. The van der Waals surface area contributed by atoms with Crippen molar-refractivity contribution < 1.29 is 14.7 Å². The molecule has 1 aliphatic heterocycles. The summed E-state index contributed by atoms with van der Waals surface area (Å²) in [5, 5.41) is 14.5. The predicted octanol–water partition coefficient (Wildman–Crippen LogP) is -0.0346. The average molecular weight is 214 g/mol. The Balaban J connectivity index is 2.57. The molecular weight excluding hydrogens is 196 g/mol. The molecule has 0 aromatic rings. The first-order valence-electron chi connectivity index (χ1n) is 5.24. The second-order valence-corrected chi connectivity index (χ2v) is 4.26. The van der Waals surface area contributed by atoms with Crippen molar-refractivity contribution in [3.63, 3.8) is 0 Å². The molecule has 1 aliphatic rings. The Hall–Kier alpha value is -1.10. The molecule has 0 spiro atoms. The third-order valence-corrected chi connectivity index (χ3v) is 2.93. The van der Waals surface area contributed by atoms with Crippen LogP contribution in [0.5, 0.6) is 0 Å². The minimum atomic E-state index is -0.972. The van der Waals surface area contributed by atoms with E-state index in [1.165, 1.54) is 0 Å². The average Bonchev–Trinajstić information content (AvgIpc) is 2.61. The minimum absolute atomic E-state index is 0.165. The number of hydrogen-bond donors (Lipinski definition) is 3. The Morgan fingerprint density at radius 3 is 2.67 bits per heavy atom. The van der Waals surface area contributed by atoms with Crippen LogP contribution in [-0.4, -0.2) is 36.1 Å². The Morgan fingerprint density at radius 1 is 1.60 bits per heavy atom. The minimum Gasteiger partial charge on any atom is -0.480 e. The van der Waals surface area contributed by atoms with Gasteiger partial charge in [0.05, 0.1) is 5.41 Å². The summed E-state index contributed by atoms with van der Waals surface area (Å²) in [5.41, 5.74) is -0.455. The maximum Gasteiger partial charge on any atom is 0.326 e. The van der Waals surface area contributed by atoms with Crippen LogP contribution >= 0.6 is 0 Å². The quantitative estimate of drug-likeness (QED) is 0.614. The van der Waals surface area contributed by atoms with Crippen molar-refractivity contribution in [2.75, 3.05) is 13.1 Å². The van der Waals surface area contributed by atoms with E-state index in [0.29, 0.717) is 13.0 Å². The molecule has 0 aliphatic carbocycles. The number of rotatable bonds is 4. The van der Waals surface area contributed by atoms with Gasteiger partial charge in [0.2, 0.25) is 5.91 Å². The highest BCUT2D eigenvalue weighted by Crippen LogP contribution is 2.24. The second kappa shape index (κ2) is 4.61. The molecule has 5 nitrogen and oxygen atoms in total. The SMILES string of the molecule is CC[C@@H](NC(=O)C1(C)CCNC1)C(=O)O. The van der Waals surface area contributed by atoms with Gasteiger partial charge in [0, 0.05) is 6.54 Å². The number of carbonyl (C=O) groups excluding carboxylic acids is 1. The van der Waals surface area contributed by atoms with Gasteiger partial charge >= 0.3 is 5.97 Å². The molecule has 1 fully saturated rings. The molecule has 1 amide bonds. The molecule has 2 atom stereocenters. The Kier molecular flexibility index (Phi) is 3.68. The molecular formula is C10H18N2O3. The third-order valence-electron chi connectivity index (χ3n) is 2.93. The van der Waals surface area contributed by atoms with Crippen molar-refractivity contribution in [2.45, 2.75) is 32.7 Å². The first-order chi connectivity index (χ1) is 6.99. The second-order valence-electron chi connectivity index (χ2n) is 4.26. The van der Waals surface area contributed by atoms with Crippen LogP contribution in [0.1, 0.15) is 26.7 Å². The summed E-state index contributed by atoms with van der Waals surface area (Å²) in [6.07, 6.45) is 1.17. The van der Waals surface area contributed by atoms with E-state index < -0.39 is 17.4 Å². The van der Waals surface area contributed by atoms with Gasteiger partial charge in [0.1, 0.15) is 6.04 Å². The summed E-state index contributed by atoms with van der Waals surface area (Å²) in [6, 6.07) is -0.769. The lowest BCUT2D eigenvalue weighted by Crippen LogP contribution is -2.48. The van der Waals surface area contributed by atoms with Crippen molar-refractivity contribution in [1.29, 1.82) is 0 Å². The zero-order valence-electron chi connectivity index (χ0n) is 9.17. The Morgan fingerprint density at radius 2 is 2.27 bits per heavy atom. The number of carbonyl (C=O) groups is 2. The normalized spacial score (nSPS) is 27.3. The van der Waals surface area contributed by atoms with Crippen molar-refractivity contribution in [1.82, 2.24) is 10.6 Å². The molecule has 0 saturated carbocycles. The van der Waals surface area contributed by atoms with Gasteiger partial charge in [0.25, 0.3) is 0 Å². The van der Waals surface area contributed by atoms with Crippen molar-refractivity contribution in [3.8, 4) is 0 Å². The van der Waals surface area contributed by atoms with E-state index >= 15 is 0 Å². The zero-order valence-corrected chi connectivity index (χ0v) is 9.17. The highest BCUT2D eigenvalue weighted by atomic mass is 16.4. The van der Waals surface area contributed by atoms with Crippen LogP contribution in [-0.2, 0) is 9.59 Å². The van der Waals surface area contributed by atoms with Gasteiger partial charge in [-0.15, -0.1) is 0 Å². The van der Waals surface area contributed by atoms with Crippen LogP contribution < -0.4 is 10.6 Å². The van der Waals surface area contributed by atoms with Gasteiger partial charge in [-0.1, -0.05) is 6.92 Å². The van der Waals surface area contributed by atoms with E-state index in [-0.39, 0.29) is 5.91 Å². The van der Waals surface area contributed by atoms with Crippen LogP contribution in [0.4, 0.5) is 0 Å². The smallest absolute Gasteiger partial charge is 0.326 e. The molecule has 0 bridgehead atoms. The molecule has 0 aromatic carbocycles. The van der Waals surface area contributed by atoms with Gasteiger partial charge in [0.15, 0.2) is 0 Å². The molecule has 3 N–H and O–H groups in total. The maximum atomic E-state index is 11.8. The lowest BCUT2D eigenvalue weighted by atomic mass is 9.88. The van der Waals surface area contributed by atoms with Crippen LogP contribution in [0.2, 0.25) is 0 Å². The van der Waals surface area contributed by atoms with Crippen molar-refractivity contribution in [2.24, 2.45) is 5.41 Å². The number of carboxylic acids is 1. The summed E-state index contributed by atoms with van der Waals surface area (Å²) in [5.74, 6) is -1.14. The number of nitrogens with one attached hydrogen (secondary N) is 2. The van der Waals surface area contributed by atoms with E-state index in [1.807, 2.05) is 6.92 Å². The van der Waals surface area contributed by atoms with E-state index in [2.05, 4.69) is 10.6 Å². The molecule has 1 unspecified atom stereocenters. The lowest BCUT2D eigenvalue weighted by Gasteiger charge is -2.23. The van der Waals surface area contributed by atoms with Gasteiger partial charge < -0.3 is 15.7 Å². The van der Waals surface area contributed by atoms with Crippen molar-refractivity contribution >= 4 is 11.9 Å². The number of amides is 1. The topological polar surface area (TPSA) is 78.4 Å². The molecule has 0 radical (unpaired) electrons. The van der Waals surface area contributed by atoms with Gasteiger partial charge in [-0.25, -0.2) is 4.79 Å². The fourth-order valence-corrected chi connectivity index (χ4v) is 1.68. The molecule has 5 heteroatoms. The fraction of sp³-hybridized carbons (Fsp3) is 0.800. The van der Waals surface area contributed by atoms with Gasteiger partial charge in [-0.05, 0) is 26.3 Å². The van der Waals surface area contributed by atoms with Crippen LogP contribution in [0, 0.1) is 5.41 Å². The van der Waals surface area contributed by atoms with E-state index in [4.69, 9.17) is 5.11 Å². The lowest BCUT2D eigenvalue weighted by molar-refractivity contribution is -0.143. The molecule has 0 aromatic heterocycles. The van der Waals surface area contributed by atoms with Gasteiger partial charge in [-0.3, -0.25) is 4.79 Å². The first-order valence-corrected chi connectivity index (χ1v) is 5.24. The highest BCUT2D eigenvalue weighted by molar-refractivity contribution is 5.87. The summed E-state index contributed by atoms with van der Waals surface area (Å²) >= 11 is 0. The van der Waals surface area contributed by atoms with E-state index in [1.54, 1.807) is 6.92 Å². The summed E-state index contributed by atoms with van der Waals surface area (Å²) in [7, 11) is 0. The summed E-state index contributed by atoms with van der Waals surface area (Å²) in [4.78, 5) is 22.6. The summed E-state index contributed by atoms with van der Waals surface area (Å²) in [6.45, 7) is 5.04. The largest absolute Gasteiger partial charge is 0.480 e. The Labute approximate surface area is 89.2 Å². The number of aliphatic carboxylic acids is 1.